The van der Waals surface area contributed by atoms with Crippen molar-refractivity contribution in [2.75, 3.05) is 0 Å². The van der Waals surface area contributed by atoms with E-state index in [2.05, 4.69) is 0 Å². The molecular weight excluding hydrogens is 179 g/mol. The molecule has 0 heterocycles. The zero-order valence-corrected chi connectivity index (χ0v) is 7.42. The quantitative estimate of drug-likeness (QED) is 0.707. The highest BCUT2D eigenvalue weighted by Gasteiger charge is 2.16. The van der Waals surface area contributed by atoms with Crippen LogP contribution in [0.3, 0.4) is 0 Å². The predicted octanol–water partition coefficient (Wildman–Crippen LogP) is 2.49. The molecule has 1 aromatic carbocycles. The number of aliphatic hydroxyl groups is 1. The minimum absolute atomic E-state index is 0.250. The maximum absolute atomic E-state index is 13.0. The van der Waals surface area contributed by atoms with Crippen LogP contribution in [0.15, 0.2) is 24.3 Å². The molecule has 0 aliphatic carbocycles. The highest BCUT2D eigenvalue weighted by Crippen LogP contribution is 2.22. The normalized spacial score (nSPS) is 15.7. The Kier molecular flexibility index (Phi) is 3.06. The van der Waals surface area contributed by atoms with Crippen LogP contribution in [0.5, 0.6) is 0 Å². The fourth-order valence-corrected chi connectivity index (χ4v) is 1.10. The lowest BCUT2D eigenvalue weighted by molar-refractivity contribution is 0.172. The maximum Gasteiger partial charge on any atom is 0.129 e. The van der Waals surface area contributed by atoms with Crippen LogP contribution >= 0.6 is 11.6 Å². The van der Waals surface area contributed by atoms with Gasteiger partial charge in [0.1, 0.15) is 5.82 Å². The van der Waals surface area contributed by atoms with Crippen molar-refractivity contribution in [3.8, 4) is 0 Å². The summed E-state index contributed by atoms with van der Waals surface area (Å²) in [6.45, 7) is 1.62. The number of alkyl halides is 1. The first kappa shape index (κ1) is 9.49. The number of aliphatic hydroxyl groups excluding tert-OH is 1. The van der Waals surface area contributed by atoms with Crippen LogP contribution in [0.4, 0.5) is 4.39 Å². The number of halogens is 2. The molecule has 1 aromatic rings. The van der Waals surface area contributed by atoms with Crippen molar-refractivity contribution in [2.24, 2.45) is 0 Å². The first-order chi connectivity index (χ1) is 5.63. The van der Waals surface area contributed by atoms with Gasteiger partial charge in [0.05, 0.1) is 11.5 Å². The largest absolute Gasteiger partial charge is 0.387 e. The lowest BCUT2D eigenvalue weighted by atomic mass is 10.1. The second-order valence-electron chi connectivity index (χ2n) is 2.64. The highest BCUT2D eigenvalue weighted by atomic mass is 35.5. The van der Waals surface area contributed by atoms with Gasteiger partial charge in [-0.25, -0.2) is 4.39 Å². The zero-order chi connectivity index (χ0) is 9.14. The van der Waals surface area contributed by atoms with Crippen LogP contribution in [0.1, 0.15) is 18.6 Å². The number of hydrogen-bond acceptors (Lipinski definition) is 1. The third-order valence-electron chi connectivity index (χ3n) is 1.66. The van der Waals surface area contributed by atoms with Crippen molar-refractivity contribution in [2.45, 2.75) is 18.4 Å². The molecule has 1 N–H and O–H groups in total. The predicted molar refractivity (Wildman–Crippen MR) is 46.7 cm³/mol. The molecule has 66 valence electrons. The Balaban J connectivity index is 2.94. The van der Waals surface area contributed by atoms with Crippen LogP contribution in [-0.2, 0) is 0 Å². The van der Waals surface area contributed by atoms with Crippen molar-refractivity contribution in [3.05, 3.63) is 35.6 Å². The molecule has 2 atom stereocenters. The van der Waals surface area contributed by atoms with Crippen LogP contribution in [-0.4, -0.2) is 10.5 Å². The van der Waals surface area contributed by atoms with Gasteiger partial charge >= 0.3 is 0 Å². The lowest BCUT2D eigenvalue weighted by Gasteiger charge is -2.13. The fraction of sp³-hybridized carbons (Fsp3) is 0.333. The number of hydrogen-bond donors (Lipinski definition) is 1. The summed E-state index contributed by atoms with van der Waals surface area (Å²) in [5, 5.41) is 8.92. The molecule has 1 rings (SSSR count). The number of benzene rings is 1. The monoisotopic (exact) mass is 188 g/mol. The van der Waals surface area contributed by atoms with Gasteiger partial charge in [-0.15, -0.1) is 11.6 Å². The molecule has 0 aliphatic rings. The summed E-state index contributed by atoms with van der Waals surface area (Å²) in [4.78, 5) is 0. The summed E-state index contributed by atoms with van der Waals surface area (Å²) in [6, 6.07) is 6.07. The van der Waals surface area contributed by atoms with Gasteiger partial charge in [0.15, 0.2) is 0 Å². The van der Waals surface area contributed by atoms with Crippen molar-refractivity contribution in [1.29, 1.82) is 0 Å². The van der Waals surface area contributed by atoms with Crippen molar-refractivity contribution in [1.82, 2.24) is 0 Å². The van der Waals surface area contributed by atoms with Gasteiger partial charge in [-0.2, -0.15) is 0 Å². The van der Waals surface area contributed by atoms with Gasteiger partial charge in [-0.3, -0.25) is 0 Å². The van der Waals surface area contributed by atoms with E-state index >= 15 is 0 Å². The smallest absolute Gasteiger partial charge is 0.129 e. The van der Waals surface area contributed by atoms with E-state index in [1.54, 1.807) is 19.1 Å². The van der Waals surface area contributed by atoms with E-state index in [4.69, 9.17) is 11.6 Å². The summed E-state index contributed by atoms with van der Waals surface area (Å²) in [5.41, 5.74) is 0.250. The van der Waals surface area contributed by atoms with Gasteiger partial charge in [0.25, 0.3) is 0 Å². The molecule has 0 aromatic heterocycles. The third-order valence-corrected chi connectivity index (χ3v) is 1.90. The molecular formula is C9H10ClFO. The summed E-state index contributed by atoms with van der Waals surface area (Å²) in [7, 11) is 0. The van der Waals surface area contributed by atoms with E-state index < -0.39 is 17.3 Å². The van der Waals surface area contributed by atoms with E-state index in [0.29, 0.717) is 0 Å². The molecule has 0 radical (unpaired) electrons. The molecule has 0 saturated carbocycles. The topological polar surface area (TPSA) is 20.2 Å². The van der Waals surface area contributed by atoms with Gasteiger partial charge in [-0.05, 0) is 13.0 Å². The average Bonchev–Trinajstić information content (AvgIpc) is 2.04. The molecule has 1 nitrogen and oxygen atoms in total. The Morgan fingerprint density at radius 2 is 2.00 bits per heavy atom. The molecule has 0 spiro atoms. The second-order valence-corrected chi connectivity index (χ2v) is 3.33. The molecule has 0 bridgehead atoms. The van der Waals surface area contributed by atoms with Gasteiger partial charge in [0, 0.05) is 5.56 Å². The fourth-order valence-electron chi connectivity index (χ4n) is 0.962. The van der Waals surface area contributed by atoms with Crippen LogP contribution in [0.2, 0.25) is 0 Å². The molecule has 0 aliphatic heterocycles. The van der Waals surface area contributed by atoms with Crippen LogP contribution in [0, 0.1) is 5.82 Å². The van der Waals surface area contributed by atoms with Crippen LogP contribution in [0.25, 0.3) is 0 Å². The SMILES string of the molecule is CC(Cl)C(O)c1ccccc1F. The first-order valence-corrected chi connectivity index (χ1v) is 4.13. The standard InChI is InChI=1S/C9H10ClFO/c1-6(10)9(12)7-4-2-3-5-8(7)11/h2-6,9,12H,1H3. The van der Waals surface area contributed by atoms with Gasteiger partial charge in [-0.1, -0.05) is 18.2 Å². The Morgan fingerprint density at radius 1 is 1.42 bits per heavy atom. The van der Waals surface area contributed by atoms with E-state index in [0.717, 1.165) is 0 Å². The van der Waals surface area contributed by atoms with Gasteiger partial charge in [0.2, 0.25) is 0 Å². The maximum atomic E-state index is 13.0. The Hall–Kier alpha value is -0.600. The number of rotatable bonds is 2. The summed E-state index contributed by atoms with van der Waals surface area (Å²) in [6.07, 6.45) is -0.937. The van der Waals surface area contributed by atoms with Crippen molar-refractivity contribution in [3.63, 3.8) is 0 Å². The molecule has 0 saturated heterocycles. The summed E-state index contributed by atoms with van der Waals surface area (Å²) < 4.78 is 13.0. The Bertz CT molecular complexity index is 262. The second kappa shape index (κ2) is 3.87. The van der Waals surface area contributed by atoms with Crippen molar-refractivity contribution >= 4 is 11.6 Å². The zero-order valence-electron chi connectivity index (χ0n) is 6.67. The van der Waals surface area contributed by atoms with Crippen LogP contribution < -0.4 is 0 Å². The third kappa shape index (κ3) is 1.96. The van der Waals surface area contributed by atoms with E-state index in [9.17, 15) is 9.50 Å². The van der Waals surface area contributed by atoms with Crippen molar-refractivity contribution < 1.29 is 9.50 Å². The molecule has 0 fully saturated rings. The molecule has 0 amide bonds. The van der Waals surface area contributed by atoms with E-state index in [1.807, 2.05) is 0 Å². The Labute approximate surface area is 75.8 Å². The summed E-state index contributed by atoms with van der Waals surface area (Å²) >= 11 is 5.62. The first-order valence-electron chi connectivity index (χ1n) is 3.69. The Morgan fingerprint density at radius 3 is 2.50 bits per heavy atom. The molecule has 3 heteroatoms. The average molecular weight is 189 g/mol. The van der Waals surface area contributed by atoms with E-state index in [-0.39, 0.29) is 5.56 Å². The summed E-state index contributed by atoms with van der Waals surface area (Å²) in [5.74, 6) is -0.419. The highest BCUT2D eigenvalue weighted by molar-refractivity contribution is 6.20. The molecule has 2 unspecified atom stereocenters. The van der Waals surface area contributed by atoms with E-state index in [1.165, 1.54) is 12.1 Å². The molecule has 12 heavy (non-hydrogen) atoms. The minimum atomic E-state index is -0.937. The minimum Gasteiger partial charge on any atom is -0.387 e. The lowest BCUT2D eigenvalue weighted by Crippen LogP contribution is -2.09. The van der Waals surface area contributed by atoms with Gasteiger partial charge < -0.3 is 5.11 Å².